The lowest BCUT2D eigenvalue weighted by molar-refractivity contribution is -0.146. The third-order valence-electron chi connectivity index (χ3n) is 4.56. The highest BCUT2D eigenvalue weighted by Crippen LogP contribution is 2.30. The second-order valence-corrected chi connectivity index (χ2v) is 7.03. The highest BCUT2D eigenvalue weighted by molar-refractivity contribution is 5.73. The average Bonchev–Trinajstić information content (AvgIpc) is 2.77. The van der Waals surface area contributed by atoms with Crippen molar-refractivity contribution in [3.05, 3.63) is 48.0 Å². The monoisotopic (exact) mass is 428 g/mol. The van der Waals surface area contributed by atoms with Gasteiger partial charge >= 0.3 is 11.9 Å². The molecule has 168 valence electrons. The van der Waals surface area contributed by atoms with E-state index >= 15 is 0 Å². The van der Waals surface area contributed by atoms with Crippen molar-refractivity contribution >= 4 is 11.9 Å². The first-order chi connectivity index (χ1) is 15.0. The zero-order valence-electron chi connectivity index (χ0n) is 18.6. The summed E-state index contributed by atoms with van der Waals surface area (Å²) in [5, 5.41) is 0. The Hall–Kier alpha value is -3.02. The summed E-state index contributed by atoms with van der Waals surface area (Å²) >= 11 is 0. The molecule has 2 rings (SSSR count). The van der Waals surface area contributed by atoms with Gasteiger partial charge < -0.3 is 18.9 Å². The van der Waals surface area contributed by atoms with Crippen molar-refractivity contribution in [1.82, 2.24) is 0 Å². The summed E-state index contributed by atoms with van der Waals surface area (Å²) < 4.78 is 21.0. The fourth-order valence-corrected chi connectivity index (χ4v) is 3.04. The molecule has 6 heteroatoms. The lowest BCUT2D eigenvalue weighted by Gasteiger charge is -2.13. The first-order valence-corrected chi connectivity index (χ1v) is 10.9. The van der Waals surface area contributed by atoms with Gasteiger partial charge in [-0.1, -0.05) is 44.0 Å². The van der Waals surface area contributed by atoms with Gasteiger partial charge in [-0.2, -0.15) is 0 Å². The number of rotatable bonds is 13. The lowest BCUT2D eigenvalue weighted by Crippen LogP contribution is -2.15. The third kappa shape index (κ3) is 8.70. The predicted molar refractivity (Wildman–Crippen MR) is 119 cm³/mol. The van der Waals surface area contributed by atoms with Gasteiger partial charge in [-0.05, 0) is 55.5 Å². The Labute approximate surface area is 184 Å². The smallest absolute Gasteiger partial charge is 0.344 e. The fourth-order valence-electron chi connectivity index (χ4n) is 3.04. The normalized spacial score (nSPS) is 10.4. The topological polar surface area (TPSA) is 71.1 Å². The first kappa shape index (κ1) is 24.3. The van der Waals surface area contributed by atoms with Crippen molar-refractivity contribution < 1.29 is 28.5 Å². The van der Waals surface area contributed by atoms with Gasteiger partial charge in [-0.3, -0.25) is 0 Å². The molecule has 0 amide bonds. The number of unbranched alkanes of at least 4 members (excludes halogenated alkanes) is 2. The Kier molecular flexibility index (Phi) is 10.4. The van der Waals surface area contributed by atoms with E-state index in [1.807, 2.05) is 12.1 Å². The number of hydrogen-bond donors (Lipinski definition) is 0. The van der Waals surface area contributed by atoms with Crippen LogP contribution in [0.4, 0.5) is 0 Å². The van der Waals surface area contributed by atoms with Crippen molar-refractivity contribution in [2.24, 2.45) is 0 Å². The van der Waals surface area contributed by atoms with Crippen LogP contribution in [0.2, 0.25) is 0 Å². The number of hydrogen-bond acceptors (Lipinski definition) is 6. The van der Waals surface area contributed by atoms with E-state index in [9.17, 15) is 9.59 Å². The van der Waals surface area contributed by atoms with Crippen molar-refractivity contribution in [1.29, 1.82) is 0 Å². The summed E-state index contributed by atoms with van der Waals surface area (Å²) in [4.78, 5) is 23.3. The number of ether oxygens (including phenoxy) is 4. The maximum Gasteiger partial charge on any atom is 0.344 e. The molecule has 0 aliphatic rings. The summed E-state index contributed by atoms with van der Waals surface area (Å²) in [7, 11) is 0. The van der Waals surface area contributed by atoms with Crippen LogP contribution < -0.4 is 9.47 Å². The molecule has 0 fully saturated rings. The predicted octanol–water partition coefficient (Wildman–Crippen LogP) is 4.97. The van der Waals surface area contributed by atoms with Crippen LogP contribution in [0.3, 0.4) is 0 Å². The minimum Gasteiger partial charge on any atom is -0.482 e. The van der Waals surface area contributed by atoms with Crippen molar-refractivity contribution in [2.45, 2.75) is 46.5 Å². The summed E-state index contributed by atoms with van der Waals surface area (Å²) in [5.41, 5.74) is 3.15. The van der Waals surface area contributed by atoms with E-state index in [1.54, 1.807) is 19.9 Å². The van der Waals surface area contributed by atoms with Gasteiger partial charge in [0.2, 0.25) is 0 Å². The third-order valence-corrected chi connectivity index (χ3v) is 4.56. The van der Waals surface area contributed by atoms with Crippen LogP contribution in [0.5, 0.6) is 11.5 Å². The van der Waals surface area contributed by atoms with E-state index < -0.39 is 11.9 Å². The largest absolute Gasteiger partial charge is 0.482 e. The number of carbonyl (C=O) groups excluding carboxylic acids is 2. The molecule has 0 bridgehead atoms. The molecular formula is C25H32O6. The van der Waals surface area contributed by atoms with E-state index in [0.717, 1.165) is 17.5 Å². The molecule has 2 aromatic carbocycles. The summed E-state index contributed by atoms with van der Waals surface area (Å²) in [5.74, 6) is 0.0181. The molecule has 0 N–H and O–H groups in total. The minimum absolute atomic E-state index is 0.203. The molecule has 0 unspecified atom stereocenters. The molecule has 2 aromatic rings. The van der Waals surface area contributed by atoms with E-state index in [1.165, 1.54) is 24.8 Å². The quantitative estimate of drug-likeness (QED) is 0.331. The van der Waals surface area contributed by atoms with Crippen LogP contribution in [0.25, 0.3) is 11.1 Å². The molecule has 0 aromatic heterocycles. The molecule has 6 nitrogen and oxygen atoms in total. The Morgan fingerprint density at radius 1 is 0.710 bits per heavy atom. The highest BCUT2D eigenvalue weighted by atomic mass is 16.6. The van der Waals surface area contributed by atoms with E-state index in [2.05, 4.69) is 31.2 Å². The number of benzene rings is 2. The maximum atomic E-state index is 11.6. The maximum absolute atomic E-state index is 11.6. The van der Waals surface area contributed by atoms with Gasteiger partial charge in [0, 0.05) is 6.07 Å². The van der Waals surface area contributed by atoms with Crippen LogP contribution in [-0.2, 0) is 25.5 Å². The van der Waals surface area contributed by atoms with Crippen LogP contribution >= 0.6 is 0 Å². The van der Waals surface area contributed by atoms with Crippen LogP contribution in [-0.4, -0.2) is 38.4 Å². The summed E-state index contributed by atoms with van der Waals surface area (Å²) in [6.45, 7) is 5.86. The Morgan fingerprint density at radius 2 is 1.26 bits per heavy atom. The Morgan fingerprint density at radius 3 is 1.74 bits per heavy atom. The van der Waals surface area contributed by atoms with Gasteiger partial charge in [0.25, 0.3) is 0 Å². The Bertz CT molecular complexity index is 788. The average molecular weight is 429 g/mol. The van der Waals surface area contributed by atoms with Gasteiger partial charge in [-0.25, -0.2) is 9.59 Å². The Balaban J connectivity index is 2.18. The van der Waals surface area contributed by atoms with E-state index in [-0.39, 0.29) is 13.2 Å². The second-order valence-electron chi connectivity index (χ2n) is 7.03. The molecule has 31 heavy (non-hydrogen) atoms. The number of carbonyl (C=O) groups is 2. The number of esters is 2. The second kappa shape index (κ2) is 13.3. The lowest BCUT2D eigenvalue weighted by atomic mass is 10.0. The SMILES string of the molecule is CCCCCc1ccc(-c2cc(OCC(=O)OCC)cc(OCC(=O)OCC)c2)cc1. The van der Waals surface area contributed by atoms with Crippen molar-refractivity contribution in [3.8, 4) is 22.6 Å². The molecule has 0 aliphatic carbocycles. The van der Waals surface area contributed by atoms with Gasteiger partial charge in [0.15, 0.2) is 13.2 Å². The summed E-state index contributed by atoms with van der Waals surface area (Å²) in [6.07, 6.45) is 4.66. The molecule has 0 spiro atoms. The van der Waals surface area contributed by atoms with Crippen LogP contribution in [0, 0.1) is 0 Å². The molecule has 0 saturated carbocycles. The molecular weight excluding hydrogens is 396 g/mol. The number of aryl methyl sites for hydroxylation is 1. The first-order valence-electron chi connectivity index (χ1n) is 10.9. The zero-order chi connectivity index (χ0) is 22.5. The van der Waals surface area contributed by atoms with Crippen molar-refractivity contribution in [2.75, 3.05) is 26.4 Å². The fraction of sp³-hybridized carbons (Fsp3) is 0.440. The summed E-state index contributed by atoms with van der Waals surface area (Å²) in [6, 6.07) is 13.7. The van der Waals surface area contributed by atoms with E-state index in [4.69, 9.17) is 18.9 Å². The van der Waals surface area contributed by atoms with Gasteiger partial charge in [-0.15, -0.1) is 0 Å². The molecule has 0 radical (unpaired) electrons. The van der Waals surface area contributed by atoms with Gasteiger partial charge in [0.1, 0.15) is 11.5 Å². The molecule has 0 saturated heterocycles. The molecule has 0 atom stereocenters. The van der Waals surface area contributed by atoms with Gasteiger partial charge in [0.05, 0.1) is 13.2 Å². The zero-order valence-corrected chi connectivity index (χ0v) is 18.6. The highest BCUT2D eigenvalue weighted by Gasteiger charge is 2.10. The van der Waals surface area contributed by atoms with Crippen LogP contribution in [0.1, 0.15) is 45.6 Å². The molecule has 0 heterocycles. The minimum atomic E-state index is -0.446. The van der Waals surface area contributed by atoms with E-state index in [0.29, 0.717) is 24.7 Å². The molecule has 0 aliphatic heterocycles. The standard InChI is InChI=1S/C25H32O6/c1-4-7-8-9-19-10-12-20(13-11-19)21-14-22(30-17-24(26)28-5-2)16-23(15-21)31-18-25(27)29-6-3/h10-16H,4-9,17-18H2,1-3H3. The van der Waals surface area contributed by atoms with Crippen molar-refractivity contribution in [3.63, 3.8) is 0 Å². The van der Waals surface area contributed by atoms with Crippen LogP contribution in [0.15, 0.2) is 42.5 Å².